The molecule has 154 valence electrons. The molecule has 4 nitrogen and oxygen atoms in total. The predicted molar refractivity (Wildman–Crippen MR) is 125 cm³/mol. The molecular weight excluding hydrogens is 448 g/mol. The Bertz CT molecular complexity index is 1020. The molecule has 6 heteroatoms. The van der Waals surface area contributed by atoms with Crippen LogP contribution in [0.2, 0.25) is 0 Å². The summed E-state index contributed by atoms with van der Waals surface area (Å²) in [4.78, 5) is 17.0. The van der Waals surface area contributed by atoms with E-state index in [0.717, 1.165) is 32.4 Å². The van der Waals surface area contributed by atoms with E-state index in [9.17, 15) is 4.79 Å². The number of halogens is 1. The second kappa shape index (κ2) is 8.84. The van der Waals surface area contributed by atoms with E-state index in [1.54, 1.807) is 0 Å². The molecule has 29 heavy (non-hydrogen) atoms. The summed E-state index contributed by atoms with van der Waals surface area (Å²) in [5, 5.41) is 3.47. The van der Waals surface area contributed by atoms with E-state index in [2.05, 4.69) is 73.0 Å². The minimum Gasteiger partial charge on any atom is -0.483 e. The molecule has 1 N–H and O–H groups in total. The van der Waals surface area contributed by atoms with Crippen LogP contribution in [-0.4, -0.2) is 17.5 Å². The second-order valence-electron chi connectivity index (χ2n) is 8.28. The molecule has 3 rings (SSSR count). The smallest absolute Gasteiger partial charge is 0.264 e. The number of aromatic nitrogens is 1. The van der Waals surface area contributed by atoms with Gasteiger partial charge in [-0.15, -0.1) is 0 Å². The van der Waals surface area contributed by atoms with Crippen molar-refractivity contribution in [2.75, 3.05) is 11.9 Å². The van der Waals surface area contributed by atoms with Crippen molar-refractivity contribution >= 4 is 48.5 Å². The molecule has 1 unspecified atom stereocenters. The Morgan fingerprint density at radius 1 is 1.24 bits per heavy atom. The summed E-state index contributed by atoms with van der Waals surface area (Å²) in [6.45, 7) is 10.7. The van der Waals surface area contributed by atoms with Crippen molar-refractivity contribution in [1.82, 2.24) is 4.98 Å². The van der Waals surface area contributed by atoms with Crippen LogP contribution < -0.4 is 10.1 Å². The van der Waals surface area contributed by atoms with Crippen LogP contribution in [0.25, 0.3) is 10.2 Å². The summed E-state index contributed by atoms with van der Waals surface area (Å²) in [5.74, 6) is 1.02. The number of hydrogen-bond donors (Lipinski definition) is 1. The van der Waals surface area contributed by atoms with E-state index in [1.165, 1.54) is 16.9 Å². The highest BCUT2D eigenvalue weighted by atomic mass is 79.9. The van der Waals surface area contributed by atoms with Crippen molar-refractivity contribution in [3.8, 4) is 5.75 Å². The molecular formula is C23H27BrN2O2S. The molecule has 0 saturated carbocycles. The van der Waals surface area contributed by atoms with Crippen molar-refractivity contribution in [3.63, 3.8) is 0 Å². The first-order chi connectivity index (χ1) is 13.7. The van der Waals surface area contributed by atoms with Gasteiger partial charge in [0.05, 0.1) is 10.2 Å². The molecule has 2 aromatic carbocycles. The highest BCUT2D eigenvalue weighted by molar-refractivity contribution is 9.10. The van der Waals surface area contributed by atoms with Crippen molar-refractivity contribution in [3.05, 3.63) is 52.0 Å². The van der Waals surface area contributed by atoms with E-state index in [1.807, 2.05) is 24.3 Å². The van der Waals surface area contributed by atoms with Gasteiger partial charge < -0.3 is 4.74 Å². The topological polar surface area (TPSA) is 51.2 Å². The third kappa shape index (κ3) is 5.37. The lowest BCUT2D eigenvalue weighted by atomic mass is 9.86. The number of fused-ring (bicyclic) bond motifs is 1. The SMILES string of the molecule is CCC(C)c1ccc2nc(NC(=O)COc3ccc(Br)cc3C(C)(C)C)sc2c1. The standard InChI is InChI=1S/C23H27BrN2O2S/c1-6-14(2)15-7-9-18-20(11-15)29-22(25-18)26-21(27)13-28-19-10-8-16(24)12-17(19)23(3,4)5/h7-12,14H,6,13H2,1-5H3,(H,25,26,27). The zero-order chi connectivity index (χ0) is 21.2. The minimum atomic E-state index is -0.214. The second-order valence-corrected chi connectivity index (χ2v) is 10.2. The third-order valence-electron chi connectivity index (χ3n) is 4.95. The van der Waals surface area contributed by atoms with Gasteiger partial charge in [-0.25, -0.2) is 4.98 Å². The largest absolute Gasteiger partial charge is 0.483 e. The number of benzene rings is 2. The molecule has 0 aliphatic carbocycles. The number of nitrogens with one attached hydrogen (secondary N) is 1. The fourth-order valence-electron chi connectivity index (χ4n) is 3.05. The van der Waals surface area contributed by atoms with Gasteiger partial charge in [-0.1, -0.05) is 68.0 Å². The Morgan fingerprint density at radius 2 is 2.00 bits per heavy atom. The molecule has 0 spiro atoms. The summed E-state index contributed by atoms with van der Waals surface area (Å²) in [5.41, 5.74) is 3.17. The summed E-state index contributed by atoms with van der Waals surface area (Å²) < 4.78 is 7.91. The quantitative estimate of drug-likeness (QED) is 0.423. The van der Waals surface area contributed by atoms with Crippen LogP contribution in [0, 0.1) is 0 Å². The van der Waals surface area contributed by atoms with E-state index in [4.69, 9.17) is 4.74 Å². The first-order valence-corrected chi connectivity index (χ1v) is 11.4. The molecule has 0 saturated heterocycles. The van der Waals surface area contributed by atoms with Crippen LogP contribution in [0.4, 0.5) is 5.13 Å². The van der Waals surface area contributed by atoms with Crippen molar-refractivity contribution in [2.45, 2.75) is 52.4 Å². The Hall–Kier alpha value is -1.92. The van der Waals surface area contributed by atoms with E-state index >= 15 is 0 Å². The monoisotopic (exact) mass is 474 g/mol. The number of rotatable bonds is 6. The number of amides is 1. The molecule has 0 aliphatic heterocycles. The number of ether oxygens (including phenoxy) is 1. The Labute approximate surface area is 184 Å². The minimum absolute atomic E-state index is 0.0568. The van der Waals surface area contributed by atoms with Crippen LogP contribution in [0.5, 0.6) is 5.75 Å². The first-order valence-electron chi connectivity index (χ1n) is 9.80. The fraction of sp³-hybridized carbons (Fsp3) is 0.391. The molecule has 1 atom stereocenters. The lowest BCUT2D eigenvalue weighted by Gasteiger charge is -2.23. The molecule has 0 bridgehead atoms. The van der Waals surface area contributed by atoms with Crippen molar-refractivity contribution in [1.29, 1.82) is 0 Å². The number of hydrogen-bond acceptors (Lipinski definition) is 4. The highest BCUT2D eigenvalue weighted by Crippen LogP contribution is 2.34. The maximum Gasteiger partial charge on any atom is 0.264 e. The van der Waals surface area contributed by atoms with Crippen LogP contribution in [0.1, 0.15) is 58.1 Å². The van der Waals surface area contributed by atoms with Gasteiger partial charge in [0, 0.05) is 10.0 Å². The number of carbonyl (C=O) groups is 1. The molecule has 3 aromatic rings. The van der Waals surface area contributed by atoms with Gasteiger partial charge in [-0.3, -0.25) is 10.1 Å². The molecule has 1 heterocycles. The van der Waals surface area contributed by atoms with Gasteiger partial charge >= 0.3 is 0 Å². The number of carbonyl (C=O) groups excluding carboxylic acids is 1. The van der Waals surface area contributed by atoms with Gasteiger partial charge in [-0.05, 0) is 53.6 Å². The molecule has 1 aromatic heterocycles. The van der Waals surface area contributed by atoms with Crippen LogP contribution in [0.15, 0.2) is 40.9 Å². The van der Waals surface area contributed by atoms with Crippen molar-refractivity contribution in [2.24, 2.45) is 0 Å². The average molecular weight is 475 g/mol. The predicted octanol–water partition coefficient (Wildman–Crippen LogP) is 6.89. The number of nitrogens with zero attached hydrogens (tertiary/aromatic N) is 1. The van der Waals surface area contributed by atoms with Gasteiger partial charge in [-0.2, -0.15) is 0 Å². The van der Waals surface area contributed by atoms with Crippen LogP contribution in [0.3, 0.4) is 0 Å². The summed E-state index contributed by atoms with van der Waals surface area (Å²) in [6.07, 6.45) is 1.10. The van der Waals surface area contributed by atoms with Gasteiger partial charge in [0.15, 0.2) is 11.7 Å². The fourth-order valence-corrected chi connectivity index (χ4v) is 4.34. The van der Waals surface area contributed by atoms with Crippen molar-refractivity contribution < 1.29 is 9.53 Å². The molecule has 0 aliphatic rings. The van der Waals surface area contributed by atoms with Gasteiger partial charge in [0.25, 0.3) is 5.91 Å². The highest BCUT2D eigenvalue weighted by Gasteiger charge is 2.20. The van der Waals surface area contributed by atoms with Gasteiger partial charge in [0.2, 0.25) is 0 Å². The maximum atomic E-state index is 12.4. The molecule has 0 radical (unpaired) electrons. The van der Waals surface area contributed by atoms with Crippen LogP contribution >= 0.6 is 27.3 Å². The number of anilines is 1. The average Bonchev–Trinajstić information content (AvgIpc) is 3.06. The Kier molecular flexibility index (Phi) is 6.64. The Balaban J connectivity index is 1.69. The maximum absolute atomic E-state index is 12.4. The Morgan fingerprint density at radius 3 is 2.69 bits per heavy atom. The summed E-state index contributed by atoms with van der Waals surface area (Å²) in [7, 11) is 0. The normalized spacial score (nSPS) is 12.8. The first kappa shape index (κ1) is 21.8. The zero-order valence-electron chi connectivity index (χ0n) is 17.5. The van der Waals surface area contributed by atoms with E-state index in [-0.39, 0.29) is 17.9 Å². The summed E-state index contributed by atoms with van der Waals surface area (Å²) in [6, 6.07) is 12.2. The van der Waals surface area contributed by atoms with E-state index in [0.29, 0.717) is 11.0 Å². The zero-order valence-corrected chi connectivity index (χ0v) is 19.9. The lowest BCUT2D eigenvalue weighted by Crippen LogP contribution is -2.21. The van der Waals surface area contributed by atoms with Crippen LogP contribution in [-0.2, 0) is 10.2 Å². The van der Waals surface area contributed by atoms with Gasteiger partial charge in [0.1, 0.15) is 5.75 Å². The number of thiazole rings is 1. The molecule has 0 fully saturated rings. The van der Waals surface area contributed by atoms with E-state index < -0.39 is 0 Å². The molecule has 1 amide bonds. The third-order valence-corrected chi connectivity index (χ3v) is 6.38. The lowest BCUT2D eigenvalue weighted by molar-refractivity contribution is -0.118. The summed E-state index contributed by atoms with van der Waals surface area (Å²) >= 11 is 5.00.